The van der Waals surface area contributed by atoms with Crippen LogP contribution in [0.3, 0.4) is 0 Å². The third-order valence-corrected chi connectivity index (χ3v) is 5.35. The van der Waals surface area contributed by atoms with E-state index in [2.05, 4.69) is 26.1 Å². The molecule has 7 heteroatoms. The second-order valence-electron chi connectivity index (χ2n) is 7.83. The zero-order valence-corrected chi connectivity index (χ0v) is 17.5. The zero-order chi connectivity index (χ0) is 21.1. The van der Waals surface area contributed by atoms with Gasteiger partial charge in [-0.1, -0.05) is 33.8 Å². The fourth-order valence-electron chi connectivity index (χ4n) is 3.01. The molecule has 1 N–H and O–H groups in total. The number of nitrogens with one attached hydrogen (secondary N) is 1. The van der Waals surface area contributed by atoms with Crippen LogP contribution < -0.4 is 5.32 Å². The Morgan fingerprint density at radius 1 is 1.21 bits per heavy atom. The molecule has 0 radical (unpaired) electrons. The Morgan fingerprint density at radius 3 is 2.36 bits per heavy atom. The second kappa shape index (κ2) is 8.82. The van der Waals surface area contributed by atoms with E-state index in [9.17, 15) is 18.4 Å². The van der Waals surface area contributed by atoms with E-state index in [-0.39, 0.29) is 28.5 Å². The predicted molar refractivity (Wildman–Crippen MR) is 107 cm³/mol. The van der Waals surface area contributed by atoms with Gasteiger partial charge >= 0.3 is 5.97 Å². The average Bonchev–Trinajstić information content (AvgIpc) is 2.97. The van der Waals surface area contributed by atoms with Crippen molar-refractivity contribution >= 4 is 28.2 Å². The van der Waals surface area contributed by atoms with Crippen molar-refractivity contribution in [3.05, 3.63) is 51.9 Å². The van der Waals surface area contributed by atoms with Crippen molar-refractivity contribution in [1.82, 2.24) is 0 Å². The Bertz CT molecular complexity index is 851. The van der Waals surface area contributed by atoms with Gasteiger partial charge in [-0.15, -0.1) is 11.3 Å². The summed E-state index contributed by atoms with van der Waals surface area (Å²) < 4.78 is 32.9. The fraction of sp³-hybridized carbons (Fsp3) is 0.429. The molecule has 2 rings (SSSR count). The summed E-state index contributed by atoms with van der Waals surface area (Å²) in [6.07, 6.45) is 0.866. The molecule has 1 heterocycles. The van der Waals surface area contributed by atoms with Gasteiger partial charge in [0.25, 0.3) is 5.91 Å². The van der Waals surface area contributed by atoms with Gasteiger partial charge in [-0.05, 0) is 42.9 Å². The number of hydrogen-bond donors (Lipinski definition) is 1. The Morgan fingerprint density at radius 2 is 1.82 bits per heavy atom. The van der Waals surface area contributed by atoms with Gasteiger partial charge in [0.15, 0.2) is 0 Å². The lowest BCUT2D eigenvalue weighted by molar-refractivity contribution is 0.0528. The number of ether oxygens (including phenoxy) is 1. The van der Waals surface area contributed by atoms with Crippen LogP contribution in [-0.4, -0.2) is 18.5 Å². The lowest BCUT2D eigenvalue weighted by Gasteiger charge is -2.22. The summed E-state index contributed by atoms with van der Waals surface area (Å²) in [5.41, 5.74) is -0.421. The Kier molecular flexibility index (Phi) is 6.93. The lowest BCUT2D eigenvalue weighted by Crippen LogP contribution is -2.17. The molecule has 1 amide bonds. The number of amides is 1. The van der Waals surface area contributed by atoms with E-state index in [1.807, 2.05) is 6.92 Å². The summed E-state index contributed by atoms with van der Waals surface area (Å²) in [7, 11) is 0. The molecule has 4 nitrogen and oxygen atoms in total. The molecule has 0 fully saturated rings. The van der Waals surface area contributed by atoms with Gasteiger partial charge < -0.3 is 10.1 Å². The van der Waals surface area contributed by atoms with Crippen molar-refractivity contribution in [3.8, 4) is 0 Å². The van der Waals surface area contributed by atoms with E-state index in [1.165, 1.54) is 17.4 Å². The molecule has 0 saturated heterocycles. The smallest absolute Gasteiger partial charge is 0.341 e. The van der Waals surface area contributed by atoms with Crippen molar-refractivity contribution in [2.75, 3.05) is 11.9 Å². The van der Waals surface area contributed by atoms with Crippen molar-refractivity contribution < 1.29 is 23.1 Å². The minimum absolute atomic E-state index is 0.0766. The maximum absolute atomic E-state index is 13.9. The molecule has 0 unspecified atom stereocenters. The van der Waals surface area contributed by atoms with Gasteiger partial charge in [0.2, 0.25) is 0 Å². The first-order chi connectivity index (χ1) is 13.0. The Balaban J connectivity index is 2.38. The molecule has 2 aromatic rings. The van der Waals surface area contributed by atoms with Crippen LogP contribution in [0.5, 0.6) is 0 Å². The van der Waals surface area contributed by atoms with Crippen LogP contribution in [0.1, 0.15) is 72.6 Å². The van der Waals surface area contributed by atoms with E-state index in [0.29, 0.717) is 0 Å². The monoisotopic (exact) mass is 409 g/mol. The van der Waals surface area contributed by atoms with Crippen molar-refractivity contribution in [2.24, 2.45) is 5.41 Å². The van der Waals surface area contributed by atoms with Gasteiger partial charge in [0.05, 0.1) is 12.2 Å². The molecule has 0 spiro atoms. The molecule has 28 heavy (non-hydrogen) atoms. The third-order valence-electron chi connectivity index (χ3n) is 4.07. The van der Waals surface area contributed by atoms with E-state index >= 15 is 0 Å². The quantitative estimate of drug-likeness (QED) is 0.596. The van der Waals surface area contributed by atoms with E-state index < -0.39 is 29.1 Å². The minimum Gasteiger partial charge on any atom is -0.462 e. The van der Waals surface area contributed by atoms with Gasteiger partial charge in [-0.3, -0.25) is 4.79 Å². The van der Waals surface area contributed by atoms with Gasteiger partial charge in [0.1, 0.15) is 22.2 Å². The molecular formula is C21H25F2NO3S. The standard InChI is InChI=1S/C21H25F2NO3S/c1-6-27-20(26)13-10-16(12(2)11-21(3,4)5)28-19(13)24-18(25)17-14(22)8-7-9-15(17)23/h7-10,12H,6,11H2,1-5H3,(H,24,25)/t12-/m1/s1. The van der Waals surface area contributed by atoms with Crippen LogP contribution in [-0.2, 0) is 4.74 Å². The maximum Gasteiger partial charge on any atom is 0.341 e. The SMILES string of the molecule is CCOC(=O)c1cc([C@H](C)CC(C)(C)C)sc1NC(=O)c1c(F)cccc1F. The number of rotatable bonds is 6. The largest absolute Gasteiger partial charge is 0.462 e. The molecule has 0 bridgehead atoms. The van der Waals surface area contributed by atoms with Gasteiger partial charge in [-0.25, -0.2) is 13.6 Å². The van der Waals surface area contributed by atoms with Gasteiger partial charge in [0, 0.05) is 4.88 Å². The van der Waals surface area contributed by atoms with E-state index in [0.717, 1.165) is 23.4 Å². The predicted octanol–water partition coefficient (Wildman–Crippen LogP) is 6.00. The highest BCUT2D eigenvalue weighted by atomic mass is 32.1. The summed E-state index contributed by atoms with van der Waals surface area (Å²) in [5, 5.41) is 2.71. The first-order valence-corrected chi connectivity index (χ1v) is 9.91. The number of thiophene rings is 1. The van der Waals surface area contributed by atoms with Crippen LogP contribution in [0.4, 0.5) is 13.8 Å². The number of hydrogen-bond acceptors (Lipinski definition) is 4. The Labute approximate surface area is 167 Å². The third kappa shape index (κ3) is 5.38. The molecular weight excluding hydrogens is 384 g/mol. The number of benzene rings is 1. The topological polar surface area (TPSA) is 55.4 Å². The molecule has 0 saturated carbocycles. The summed E-state index contributed by atoms with van der Waals surface area (Å²) >= 11 is 1.22. The number of halogens is 2. The highest BCUT2D eigenvalue weighted by Crippen LogP contribution is 2.39. The van der Waals surface area contributed by atoms with Crippen LogP contribution >= 0.6 is 11.3 Å². The van der Waals surface area contributed by atoms with Crippen LogP contribution in [0.25, 0.3) is 0 Å². The molecule has 0 aliphatic rings. The normalized spacial score (nSPS) is 12.5. The van der Waals surface area contributed by atoms with Crippen molar-refractivity contribution in [3.63, 3.8) is 0 Å². The number of esters is 1. The fourth-order valence-corrected chi connectivity index (χ4v) is 4.10. The second-order valence-corrected chi connectivity index (χ2v) is 8.91. The highest BCUT2D eigenvalue weighted by Gasteiger charge is 2.25. The van der Waals surface area contributed by atoms with Crippen molar-refractivity contribution in [2.45, 2.75) is 47.0 Å². The number of anilines is 1. The molecule has 1 aromatic carbocycles. The summed E-state index contributed by atoms with van der Waals surface area (Å²) in [6, 6.07) is 4.89. The summed E-state index contributed by atoms with van der Waals surface area (Å²) in [5.74, 6) is -3.33. The van der Waals surface area contributed by atoms with Crippen LogP contribution in [0, 0.1) is 17.0 Å². The number of carbonyl (C=O) groups is 2. The van der Waals surface area contributed by atoms with Gasteiger partial charge in [-0.2, -0.15) is 0 Å². The first-order valence-electron chi connectivity index (χ1n) is 9.09. The maximum atomic E-state index is 13.9. The zero-order valence-electron chi connectivity index (χ0n) is 16.7. The van der Waals surface area contributed by atoms with Crippen LogP contribution in [0.2, 0.25) is 0 Å². The average molecular weight is 409 g/mol. The van der Waals surface area contributed by atoms with E-state index in [1.54, 1.807) is 13.0 Å². The summed E-state index contributed by atoms with van der Waals surface area (Å²) in [6.45, 7) is 10.2. The molecule has 152 valence electrons. The first kappa shape index (κ1) is 22.0. The molecule has 1 aromatic heterocycles. The molecule has 0 aliphatic heterocycles. The molecule has 0 aliphatic carbocycles. The van der Waals surface area contributed by atoms with Crippen LogP contribution in [0.15, 0.2) is 24.3 Å². The lowest BCUT2D eigenvalue weighted by atomic mass is 9.85. The molecule has 1 atom stereocenters. The Hall–Kier alpha value is -2.28. The highest BCUT2D eigenvalue weighted by molar-refractivity contribution is 7.16. The number of carbonyl (C=O) groups excluding carboxylic acids is 2. The van der Waals surface area contributed by atoms with E-state index in [4.69, 9.17) is 4.74 Å². The van der Waals surface area contributed by atoms with Crippen molar-refractivity contribution in [1.29, 1.82) is 0 Å². The summed E-state index contributed by atoms with van der Waals surface area (Å²) in [4.78, 5) is 25.7. The minimum atomic E-state index is -0.965.